The lowest BCUT2D eigenvalue weighted by atomic mass is 10.1. The normalized spacial score (nSPS) is 11.0. The first-order valence-electron chi connectivity index (χ1n) is 9.28. The van der Waals surface area contributed by atoms with Gasteiger partial charge in [-0.15, -0.1) is 0 Å². The van der Waals surface area contributed by atoms with Gasteiger partial charge in [-0.25, -0.2) is 0 Å². The quantitative estimate of drug-likeness (QED) is 0.352. The lowest BCUT2D eigenvalue weighted by Gasteiger charge is -2.15. The molecular weight excluding hydrogens is 352 g/mol. The van der Waals surface area contributed by atoms with E-state index >= 15 is 0 Å². The van der Waals surface area contributed by atoms with Crippen molar-refractivity contribution in [1.29, 1.82) is 0 Å². The highest BCUT2D eigenvalue weighted by atomic mass is 16.6. The van der Waals surface area contributed by atoms with Gasteiger partial charge in [0.1, 0.15) is 0 Å². The lowest BCUT2D eigenvalue weighted by molar-refractivity contribution is -0.384. The minimum absolute atomic E-state index is 0.140. The van der Waals surface area contributed by atoms with Crippen LogP contribution in [-0.2, 0) is 6.54 Å². The summed E-state index contributed by atoms with van der Waals surface area (Å²) in [5.41, 5.74) is -0.161. The van der Waals surface area contributed by atoms with Crippen molar-refractivity contribution >= 4 is 16.6 Å². The Balaban J connectivity index is 2.46. The van der Waals surface area contributed by atoms with Gasteiger partial charge >= 0.3 is 0 Å². The second-order valence-electron chi connectivity index (χ2n) is 6.43. The summed E-state index contributed by atoms with van der Waals surface area (Å²) in [6, 6.07) is 4.07. The number of non-ortho nitro benzene ring substituents is 1. The Kier molecular flexibility index (Phi) is 7.60. The Hall–Kier alpha value is -2.61. The van der Waals surface area contributed by atoms with Crippen molar-refractivity contribution < 1.29 is 19.9 Å². The highest BCUT2D eigenvalue weighted by Crippen LogP contribution is 2.34. The third kappa shape index (κ3) is 4.97. The van der Waals surface area contributed by atoms with Gasteiger partial charge in [-0.1, -0.05) is 26.2 Å². The van der Waals surface area contributed by atoms with Crippen molar-refractivity contribution in [3.05, 3.63) is 38.7 Å². The second kappa shape index (κ2) is 9.91. The summed E-state index contributed by atoms with van der Waals surface area (Å²) in [6.07, 6.45) is 4.72. The molecule has 0 bridgehead atoms. The van der Waals surface area contributed by atoms with Gasteiger partial charge in [0.15, 0.2) is 5.75 Å². The van der Waals surface area contributed by atoms with Crippen LogP contribution in [-0.4, -0.2) is 32.9 Å². The number of nitro groups is 1. The molecule has 0 amide bonds. The molecule has 1 aromatic carbocycles. The molecular formula is C19H26N2O6. The summed E-state index contributed by atoms with van der Waals surface area (Å²) in [4.78, 5) is 23.4. The molecule has 0 spiro atoms. The topological polar surface area (TPSA) is 115 Å². The van der Waals surface area contributed by atoms with Crippen LogP contribution in [0.2, 0.25) is 0 Å². The van der Waals surface area contributed by atoms with Gasteiger partial charge in [0.25, 0.3) is 11.2 Å². The Morgan fingerprint density at radius 3 is 2.59 bits per heavy atom. The Bertz CT molecular complexity index is 846. The van der Waals surface area contributed by atoms with Gasteiger partial charge in [-0.3, -0.25) is 14.9 Å². The summed E-state index contributed by atoms with van der Waals surface area (Å²) < 4.78 is 7.01. The number of rotatable bonds is 11. The number of aromatic nitrogens is 1. The number of benzene rings is 1. The van der Waals surface area contributed by atoms with Crippen LogP contribution in [0.4, 0.5) is 5.69 Å². The van der Waals surface area contributed by atoms with E-state index in [1.165, 1.54) is 22.8 Å². The first kappa shape index (κ1) is 20.7. The number of unbranched alkanes of at least 4 members (excludes halogenated alkanes) is 4. The fourth-order valence-electron chi connectivity index (χ4n) is 2.92. The molecule has 0 fully saturated rings. The van der Waals surface area contributed by atoms with Crippen molar-refractivity contribution in [1.82, 2.24) is 4.57 Å². The number of hydrogen-bond donors (Lipinski definition) is 2. The number of hydrogen-bond acceptors (Lipinski definition) is 6. The summed E-state index contributed by atoms with van der Waals surface area (Å²) >= 11 is 0. The summed E-state index contributed by atoms with van der Waals surface area (Å²) in [6.45, 7) is 2.82. The molecule has 0 aliphatic carbocycles. The number of aryl methyl sites for hydroxylation is 1. The summed E-state index contributed by atoms with van der Waals surface area (Å²) in [7, 11) is 0. The number of ether oxygens (including phenoxy) is 1. The van der Waals surface area contributed by atoms with Gasteiger partial charge in [0.05, 0.1) is 22.4 Å². The van der Waals surface area contributed by atoms with Gasteiger partial charge in [0.2, 0.25) is 5.75 Å². The highest BCUT2D eigenvalue weighted by molar-refractivity contribution is 5.89. The zero-order valence-electron chi connectivity index (χ0n) is 15.5. The molecule has 0 saturated carbocycles. The molecule has 8 nitrogen and oxygen atoms in total. The number of aliphatic hydroxyl groups excluding tert-OH is 1. The fourth-order valence-corrected chi connectivity index (χ4v) is 2.92. The third-order valence-electron chi connectivity index (χ3n) is 4.43. The van der Waals surface area contributed by atoms with Crippen LogP contribution < -0.4 is 10.3 Å². The third-order valence-corrected chi connectivity index (χ3v) is 4.43. The number of aromatic hydroxyl groups is 1. The molecule has 2 aromatic rings. The zero-order chi connectivity index (χ0) is 19.8. The maximum atomic E-state index is 12.8. The van der Waals surface area contributed by atoms with E-state index in [1.54, 1.807) is 0 Å². The van der Waals surface area contributed by atoms with E-state index in [0.29, 0.717) is 24.9 Å². The van der Waals surface area contributed by atoms with Crippen LogP contribution >= 0.6 is 0 Å². The molecule has 0 saturated heterocycles. The van der Waals surface area contributed by atoms with Crippen molar-refractivity contribution in [2.75, 3.05) is 13.2 Å². The molecule has 27 heavy (non-hydrogen) atoms. The number of aliphatic hydroxyl groups is 1. The number of pyridine rings is 1. The van der Waals surface area contributed by atoms with Gasteiger partial charge in [0, 0.05) is 25.3 Å². The van der Waals surface area contributed by atoms with Crippen LogP contribution in [0.5, 0.6) is 11.5 Å². The minimum atomic E-state index is -0.541. The largest absolute Gasteiger partial charge is 0.504 e. The van der Waals surface area contributed by atoms with E-state index < -0.39 is 10.5 Å². The molecule has 2 N–H and O–H groups in total. The van der Waals surface area contributed by atoms with Crippen molar-refractivity contribution in [2.45, 2.75) is 52.0 Å². The molecule has 0 aliphatic rings. The van der Waals surface area contributed by atoms with E-state index in [1.807, 2.05) is 6.92 Å². The second-order valence-corrected chi connectivity index (χ2v) is 6.43. The van der Waals surface area contributed by atoms with E-state index in [4.69, 9.17) is 9.84 Å². The maximum absolute atomic E-state index is 12.8. The summed E-state index contributed by atoms with van der Waals surface area (Å²) in [5.74, 6) is -0.516. The number of nitrogens with zero attached hydrogens (tertiary/aromatic N) is 2. The molecule has 0 unspecified atom stereocenters. The van der Waals surface area contributed by atoms with Gasteiger partial charge in [-0.2, -0.15) is 0 Å². The minimum Gasteiger partial charge on any atom is -0.504 e. The van der Waals surface area contributed by atoms with Crippen molar-refractivity contribution in [3.8, 4) is 11.5 Å². The van der Waals surface area contributed by atoms with Crippen LogP contribution in [0.25, 0.3) is 10.9 Å². The van der Waals surface area contributed by atoms with Gasteiger partial charge < -0.3 is 19.5 Å². The average molecular weight is 378 g/mol. The standard InChI is InChI=1S/C19H26N2O6/c1-2-3-12-27-18-17(23)15-13-14(21(25)26)8-9-16(15)20(19(18)24)10-6-4-5-7-11-22/h8-9,13,22-23H,2-7,10-12H2,1H3. The first-order valence-corrected chi connectivity index (χ1v) is 9.28. The Labute approximate surface area is 157 Å². The van der Waals surface area contributed by atoms with E-state index in [9.17, 15) is 20.0 Å². The monoisotopic (exact) mass is 378 g/mol. The molecule has 148 valence electrons. The van der Waals surface area contributed by atoms with E-state index in [2.05, 4.69) is 0 Å². The predicted molar refractivity (Wildman–Crippen MR) is 102 cm³/mol. The smallest absolute Gasteiger partial charge is 0.297 e. The van der Waals surface area contributed by atoms with Crippen molar-refractivity contribution in [3.63, 3.8) is 0 Å². The van der Waals surface area contributed by atoms with E-state index in [0.717, 1.165) is 25.7 Å². The van der Waals surface area contributed by atoms with Crippen LogP contribution in [0, 0.1) is 10.1 Å². The van der Waals surface area contributed by atoms with Crippen LogP contribution in [0.1, 0.15) is 45.4 Å². The molecule has 0 atom stereocenters. The van der Waals surface area contributed by atoms with Gasteiger partial charge in [-0.05, 0) is 25.3 Å². The van der Waals surface area contributed by atoms with Crippen LogP contribution in [0.15, 0.2) is 23.0 Å². The lowest BCUT2D eigenvalue weighted by Crippen LogP contribution is -2.23. The SMILES string of the molecule is CCCCOc1c(O)c2cc([N+](=O)[O-])ccc2n(CCCCCCO)c1=O. The number of fused-ring (bicyclic) bond motifs is 1. The molecule has 1 aromatic heterocycles. The summed E-state index contributed by atoms with van der Waals surface area (Å²) in [5, 5.41) is 30.7. The first-order chi connectivity index (χ1) is 13.0. The molecule has 0 radical (unpaired) electrons. The average Bonchev–Trinajstić information content (AvgIpc) is 2.66. The number of nitro benzene ring substituents is 1. The Morgan fingerprint density at radius 2 is 1.93 bits per heavy atom. The fraction of sp³-hybridized carbons (Fsp3) is 0.526. The molecule has 0 aliphatic heterocycles. The Morgan fingerprint density at radius 1 is 1.19 bits per heavy atom. The molecule has 2 rings (SSSR count). The van der Waals surface area contributed by atoms with Crippen molar-refractivity contribution in [2.24, 2.45) is 0 Å². The zero-order valence-corrected chi connectivity index (χ0v) is 15.5. The highest BCUT2D eigenvalue weighted by Gasteiger charge is 2.20. The molecule has 1 heterocycles. The maximum Gasteiger partial charge on any atom is 0.297 e. The van der Waals surface area contributed by atoms with E-state index in [-0.39, 0.29) is 35.8 Å². The van der Waals surface area contributed by atoms with Crippen LogP contribution in [0.3, 0.4) is 0 Å². The predicted octanol–water partition coefficient (Wildman–Crippen LogP) is 3.35. The molecule has 8 heteroatoms.